The summed E-state index contributed by atoms with van der Waals surface area (Å²) in [7, 11) is 1.56. The third-order valence-corrected chi connectivity index (χ3v) is 6.90. The van der Waals surface area contributed by atoms with Crippen LogP contribution < -0.4 is 21.5 Å². The number of amides is 2. The van der Waals surface area contributed by atoms with Gasteiger partial charge in [0, 0.05) is 31.4 Å². The van der Waals surface area contributed by atoms with Crippen LogP contribution in [0.5, 0.6) is 5.75 Å². The molecule has 0 unspecified atom stereocenters. The number of primary amides is 1. The van der Waals surface area contributed by atoms with Gasteiger partial charge in [-0.2, -0.15) is 0 Å². The van der Waals surface area contributed by atoms with E-state index in [2.05, 4.69) is 20.2 Å². The molecule has 2 amide bonds. The van der Waals surface area contributed by atoms with E-state index in [1.807, 2.05) is 6.92 Å². The number of morpholine rings is 1. The maximum Gasteiger partial charge on any atom is 0.263 e. The summed E-state index contributed by atoms with van der Waals surface area (Å²) in [6.07, 6.45) is 4.46. The molecule has 1 aromatic carbocycles. The van der Waals surface area contributed by atoms with Crippen LogP contribution in [0.1, 0.15) is 17.3 Å². The molecule has 1 saturated heterocycles. The summed E-state index contributed by atoms with van der Waals surface area (Å²) in [5.41, 5.74) is 6.52. The number of hydrogen-bond donors (Lipinski definition) is 3. The van der Waals surface area contributed by atoms with E-state index in [-0.39, 0.29) is 45.5 Å². The third-order valence-electron chi connectivity index (χ3n) is 6.60. The van der Waals surface area contributed by atoms with Gasteiger partial charge in [-0.3, -0.25) is 14.4 Å². The number of nitrogens with zero attached hydrogens (tertiary/aromatic N) is 5. The number of carbonyl (C=O) groups excluding carboxylic acids is 2. The first-order chi connectivity index (χ1) is 18.6. The zero-order valence-corrected chi connectivity index (χ0v) is 22.0. The van der Waals surface area contributed by atoms with E-state index in [0.717, 1.165) is 0 Å². The van der Waals surface area contributed by atoms with Gasteiger partial charge in [0.25, 0.3) is 11.5 Å². The van der Waals surface area contributed by atoms with Crippen LogP contribution in [0.4, 0.5) is 11.5 Å². The number of nitrogens with one attached hydrogen (secondary N) is 1. The van der Waals surface area contributed by atoms with Crippen molar-refractivity contribution in [2.75, 3.05) is 30.0 Å². The molecule has 0 aliphatic carbocycles. The molecule has 4 aromatic rings. The maximum atomic E-state index is 13.2. The summed E-state index contributed by atoms with van der Waals surface area (Å²) in [5.74, 6) is -0.829. The summed E-state index contributed by atoms with van der Waals surface area (Å²) >= 11 is 6.35. The molecule has 4 N–H and O–H groups in total. The van der Waals surface area contributed by atoms with Crippen molar-refractivity contribution in [3.8, 4) is 16.9 Å². The monoisotopic (exact) mass is 551 g/mol. The number of carbonyl (C=O) groups is 2. The lowest BCUT2D eigenvalue weighted by Gasteiger charge is -2.34. The molecule has 0 bridgehead atoms. The second-order valence-corrected chi connectivity index (χ2v) is 9.72. The summed E-state index contributed by atoms with van der Waals surface area (Å²) in [6.45, 7) is 3.66. The molecule has 1 aliphatic rings. The lowest BCUT2D eigenvalue weighted by Crippen LogP contribution is -2.44. The molecule has 0 spiro atoms. The normalized spacial score (nSPS) is 15.5. The van der Waals surface area contributed by atoms with Crippen molar-refractivity contribution in [2.24, 2.45) is 12.8 Å². The Balaban J connectivity index is 1.48. The summed E-state index contributed by atoms with van der Waals surface area (Å²) < 4.78 is 8.35. The zero-order valence-electron chi connectivity index (χ0n) is 21.2. The minimum absolute atomic E-state index is 0.0930. The van der Waals surface area contributed by atoms with Gasteiger partial charge in [-0.25, -0.2) is 9.97 Å². The average Bonchev–Trinajstić information content (AvgIpc) is 3.26. The molecule has 1 atom stereocenters. The highest BCUT2D eigenvalue weighted by molar-refractivity contribution is 6.33. The molecule has 13 heteroatoms. The second-order valence-electron chi connectivity index (χ2n) is 9.31. The number of halogens is 1. The van der Waals surface area contributed by atoms with E-state index < -0.39 is 11.8 Å². The van der Waals surface area contributed by atoms with Crippen molar-refractivity contribution in [2.45, 2.75) is 19.5 Å². The molecule has 12 nitrogen and oxygen atoms in total. The molecular formula is C26H26ClN7O5. The van der Waals surface area contributed by atoms with Crippen LogP contribution in [0.3, 0.4) is 0 Å². The Morgan fingerprint density at radius 3 is 2.82 bits per heavy atom. The van der Waals surface area contributed by atoms with Crippen LogP contribution in [0.25, 0.3) is 22.2 Å². The number of pyridine rings is 1. The fourth-order valence-corrected chi connectivity index (χ4v) is 4.75. The Hall–Kier alpha value is -4.42. The lowest BCUT2D eigenvalue weighted by atomic mass is 10.0. The zero-order chi connectivity index (χ0) is 27.8. The van der Waals surface area contributed by atoms with E-state index >= 15 is 0 Å². The molecule has 39 heavy (non-hydrogen) atoms. The fourth-order valence-electron chi connectivity index (χ4n) is 4.60. The molecule has 1 fully saturated rings. The van der Waals surface area contributed by atoms with Crippen LogP contribution in [0.2, 0.25) is 5.02 Å². The number of rotatable bonds is 6. The van der Waals surface area contributed by atoms with Crippen LogP contribution in [0, 0.1) is 0 Å². The summed E-state index contributed by atoms with van der Waals surface area (Å²) in [5, 5.41) is 13.4. The SMILES string of the molecule is C[C@H]1COCCN1c1cc(NC(=O)Cn2cc(-c3ccc(O)c(C(N)=O)c3)c3c(=O)n(C)cnc32)c(Cl)cn1. The molecule has 1 aliphatic heterocycles. The molecule has 0 radical (unpaired) electrons. The van der Waals surface area contributed by atoms with Gasteiger partial charge >= 0.3 is 0 Å². The summed E-state index contributed by atoms with van der Waals surface area (Å²) in [6, 6.07) is 6.11. The van der Waals surface area contributed by atoms with Gasteiger partial charge in [-0.15, -0.1) is 0 Å². The van der Waals surface area contributed by atoms with E-state index in [9.17, 15) is 19.5 Å². The maximum absolute atomic E-state index is 13.2. The van der Waals surface area contributed by atoms with Gasteiger partial charge in [0.05, 0.1) is 53.4 Å². The molecule has 5 rings (SSSR count). The van der Waals surface area contributed by atoms with Gasteiger partial charge in [-0.1, -0.05) is 17.7 Å². The number of benzene rings is 1. The van der Waals surface area contributed by atoms with Crippen molar-refractivity contribution in [1.29, 1.82) is 0 Å². The van der Waals surface area contributed by atoms with Crippen molar-refractivity contribution < 1.29 is 19.4 Å². The molecule has 202 valence electrons. The number of ether oxygens (including phenoxy) is 1. The van der Waals surface area contributed by atoms with Crippen molar-refractivity contribution in [3.05, 3.63) is 63.9 Å². The van der Waals surface area contributed by atoms with Gasteiger partial charge in [0.15, 0.2) is 0 Å². The highest BCUT2D eigenvalue weighted by Gasteiger charge is 2.22. The quantitative estimate of drug-likeness (QED) is 0.329. The molecular weight excluding hydrogens is 526 g/mol. The average molecular weight is 552 g/mol. The Morgan fingerprint density at radius 2 is 2.08 bits per heavy atom. The molecule has 3 aromatic heterocycles. The van der Waals surface area contributed by atoms with Gasteiger partial charge in [0.1, 0.15) is 23.8 Å². The first-order valence-electron chi connectivity index (χ1n) is 12.1. The van der Waals surface area contributed by atoms with Gasteiger partial charge < -0.3 is 34.9 Å². The van der Waals surface area contributed by atoms with Crippen molar-refractivity contribution in [3.63, 3.8) is 0 Å². The third kappa shape index (κ3) is 5.03. The van der Waals surface area contributed by atoms with Crippen molar-refractivity contribution in [1.82, 2.24) is 19.1 Å². The predicted octanol–water partition coefficient (Wildman–Crippen LogP) is 2.12. The Morgan fingerprint density at radius 1 is 1.28 bits per heavy atom. The lowest BCUT2D eigenvalue weighted by molar-refractivity contribution is -0.116. The van der Waals surface area contributed by atoms with Crippen LogP contribution in [-0.4, -0.2) is 61.8 Å². The predicted molar refractivity (Wildman–Crippen MR) is 146 cm³/mol. The number of anilines is 2. The smallest absolute Gasteiger partial charge is 0.263 e. The van der Waals surface area contributed by atoms with E-state index in [4.69, 9.17) is 22.1 Å². The number of aromatic hydroxyl groups is 1. The first-order valence-corrected chi connectivity index (χ1v) is 12.5. The highest BCUT2D eigenvalue weighted by Crippen LogP contribution is 2.31. The van der Waals surface area contributed by atoms with Gasteiger partial charge in [-0.05, 0) is 24.6 Å². The number of phenols is 1. The van der Waals surface area contributed by atoms with E-state index in [0.29, 0.717) is 42.4 Å². The van der Waals surface area contributed by atoms with Crippen LogP contribution in [-0.2, 0) is 23.1 Å². The van der Waals surface area contributed by atoms with Gasteiger partial charge in [0.2, 0.25) is 5.91 Å². The largest absolute Gasteiger partial charge is 0.507 e. The minimum Gasteiger partial charge on any atom is -0.507 e. The van der Waals surface area contributed by atoms with Crippen molar-refractivity contribution >= 4 is 46.0 Å². The van der Waals surface area contributed by atoms with E-state index in [1.165, 1.54) is 33.8 Å². The number of nitrogens with two attached hydrogens (primary N) is 1. The number of aryl methyl sites for hydroxylation is 1. The van der Waals surface area contributed by atoms with E-state index in [1.54, 1.807) is 25.4 Å². The summed E-state index contributed by atoms with van der Waals surface area (Å²) in [4.78, 5) is 48.9. The fraction of sp³-hybridized carbons (Fsp3) is 0.269. The second kappa shape index (κ2) is 10.4. The molecule has 0 saturated carbocycles. The number of aromatic nitrogens is 4. The highest BCUT2D eigenvalue weighted by atomic mass is 35.5. The topological polar surface area (TPSA) is 158 Å². The molecule has 4 heterocycles. The number of fused-ring (bicyclic) bond motifs is 1. The Kier molecular flexibility index (Phi) is 6.98. The standard InChI is InChI=1S/C26H26ClN7O5/c1-14-12-39-6-5-34(14)21-8-19(18(27)9-29-21)31-22(36)11-33-10-17(23-25(33)30-13-32(2)26(23)38)15-3-4-20(35)16(7-15)24(28)37/h3-4,7-10,13-14,35H,5-6,11-12H2,1-2H3,(H2,28,37)(H,29,31,36)/t14-/m0/s1. The number of hydrogen-bond acceptors (Lipinski definition) is 8. The van der Waals surface area contributed by atoms with Crippen LogP contribution in [0.15, 0.2) is 47.8 Å². The minimum atomic E-state index is -0.816. The van der Waals surface area contributed by atoms with Crippen LogP contribution >= 0.6 is 11.6 Å². The Labute approximate surface area is 227 Å². The first kappa shape index (κ1) is 26.2. The Bertz CT molecular complexity index is 1660.